The summed E-state index contributed by atoms with van der Waals surface area (Å²) < 4.78 is 25.7. The average Bonchev–Trinajstić information content (AvgIpc) is 2.86. The first kappa shape index (κ1) is 15.9. The van der Waals surface area contributed by atoms with Crippen molar-refractivity contribution in [3.63, 3.8) is 0 Å². The molecule has 1 aliphatic rings. The maximum absolute atomic E-state index is 12.1. The molecule has 9 nitrogen and oxygen atoms in total. The van der Waals surface area contributed by atoms with E-state index in [-0.39, 0.29) is 12.5 Å². The van der Waals surface area contributed by atoms with Crippen LogP contribution < -0.4 is 5.32 Å². The number of hydrogen-bond acceptors (Lipinski definition) is 6. The standard InChI is InChI=1S/C11H20N6O3S/c1-12-7-10-8-16(14-13-10)9-11(18)15-3-5-17(6-4-15)21(2,19)20/h8,12H,3-7,9H2,1-2H3. The fourth-order valence-corrected chi connectivity index (χ4v) is 3.01. The largest absolute Gasteiger partial charge is 0.338 e. The summed E-state index contributed by atoms with van der Waals surface area (Å²) >= 11 is 0. The van der Waals surface area contributed by atoms with Gasteiger partial charge in [0.2, 0.25) is 15.9 Å². The van der Waals surface area contributed by atoms with Crippen LogP contribution in [-0.2, 0) is 27.9 Å². The summed E-state index contributed by atoms with van der Waals surface area (Å²) in [5.74, 6) is -0.0796. The molecule has 0 spiro atoms. The van der Waals surface area contributed by atoms with E-state index in [1.807, 2.05) is 7.05 Å². The topological polar surface area (TPSA) is 100 Å². The van der Waals surface area contributed by atoms with E-state index in [4.69, 9.17) is 0 Å². The molecule has 0 aromatic carbocycles. The molecule has 1 aromatic heterocycles. The summed E-state index contributed by atoms with van der Waals surface area (Å²) in [6, 6.07) is 0. The van der Waals surface area contributed by atoms with Crippen molar-refractivity contribution in [2.24, 2.45) is 0 Å². The van der Waals surface area contributed by atoms with Gasteiger partial charge < -0.3 is 10.2 Å². The van der Waals surface area contributed by atoms with Crippen molar-refractivity contribution in [2.45, 2.75) is 13.1 Å². The molecule has 1 fully saturated rings. The number of rotatable bonds is 5. The van der Waals surface area contributed by atoms with E-state index in [0.717, 1.165) is 5.69 Å². The van der Waals surface area contributed by atoms with Crippen LogP contribution in [0.5, 0.6) is 0 Å². The van der Waals surface area contributed by atoms with Gasteiger partial charge in [0.05, 0.1) is 18.1 Å². The van der Waals surface area contributed by atoms with E-state index >= 15 is 0 Å². The van der Waals surface area contributed by atoms with Gasteiger partial charge in [-0.2, -0.15) is 4.31 Å². The zero-order valence-corrected chi connectivity index (χ0v) is 13.0. The lowest BCUT2D eigenvalue weighted by atomic mass is 10.3. The Bertz CT molecular complexity index is 591. The second kappa shape index (κ2) is 6.50. The Labute approximate surface area is 123 Å². The first-order chi connectivity index (χ1) is 9.90. The Hall–Kier alpha value is -1.52. The lowest BCUT2D eigenvalue weighted by Crippen LogP contribution is -2.51. The Balaban J connectivity index is 1.87. The van der Waals surface area contributed by atoms with Crippen molar-refractivity contribution < 1.29 is 13.2 Å². The van der Waals surface area contributed by atoms with Gasteiger partial charge >= 0.3 is 0 Å². The van der Waals surface area contributed by atoms with E-state index < -0.39 is 10.0 Å². The number of hydrogen-bond donors (Lipinski definition) is 1. The third-order valence-corrected chi connectivity index (χ3v) is 4.60. The van der Waals surface area contributed by atoms with Gasteiger partial charge in [-0.15, -0.1) is 5.10 Å². The third-order valence-electron chi connectivity index (χ3n) is 3.30. The van der Waals surface area contributed by atoms with Crippen molar-refractivity contribution in [1.82, 2.24) is 29.5 Å². The van der Waals surface area contributed by atoms with Crippen molar-refractivity contribution in [3.05, 3.63) is 11.9 Å². The predicted octanol–water partition coefficient (Wildman–Crippen LogP) is -1.90. The molecule has 0 radical (unpaired) electrons. The van der Waals surface area contributed by atoms with Crippen LogP contribution in [0.3, 0.4) is 0 Å². The third kappa shape index (κ3) is 4.22. The van der Waals surface area contributed by atoms with Crippen LogP contribution in [0.2, 0.25) is 0 Å². The van der Waals surface area contributed by atoms with Crippen molar-refractivity contribution in [1.29, 1.82) is 0 Å². The second-order valence-electron chi connectivity index (χ2n) is 4.98. The van der Waals surface area contributed by atoms with Crippen molar-refractivity contribution >= 4 is 15.9 Å². The molecule has 0 saturated carbocycles. The Morgan fingerprint density at radius 2 is 2.00 bits per heavy atom. The predicted molar refractivity (Wildman–Crippen MR) is 75.8 cm³/mol. The van der Waals surface area contributed by atoms with Gasteiger partial charge in [0.15, 0.2) is 0 Å². The molecule has 0 unspecified atom stereocenters. The molecule has 0 atom stereocenters. The highest BCUT2D eigenvalue weighted by Crippen LogP contribution is 2.07. The Kier molecular flexibility index (Phi) is 4.91. The summed E-state index contributed by atoms with van der Waals surface area (Å²) in [4.78, 5) is 13.8. The molecule has 2 heterocycles. The molecule has 1 aliphatic heterocycles. The molecule has 118 valence electrons. The SMILES string of the molecule is CNCc1cn(CC(=O)N2CCN(S(C)(=O)=O)CC2)nn1. The summed E-state index contributed by atoms with van der Waals surface area (Å²) in [7, 11) is -1.37. The van der Waals surface area contributed by atoms with Gasteiger partial charge in [-0.1, -0.05) is 5.21 Å². The molecular formula is C11H20N6O3S. The number of nitrogens with zero attached hydrogens (tertiary/aromatic N) is 5. The first-order valence-corrected chi connectivity index (χ1v) is 8.51. The molecule has 0 bridgehead atoms. The number of sulfonamides is 1. The molecule has 1 saturated heterocycles. The smallest absolute Gasteiger partial charge is 0.244 e. The van der Waals surface area contributed by atoms with Gasteiger partial charge in [0, 0.05) is 32.7 Å². The number of piperazine rings is 1. The summed E-state index contributed by atoms with van der Waals surface area (Å²) in [5, 5.41) is 10.8. The highest BCUT2D eigenvalue weighted by atomic mass is 32.2. The number of carbonyl (C=O) groups excluding carboxylic acids is 1. The van der Waals surface area contributed by atoms with E-state index in [0.29, 0.717) is 32.7 Å². The van der Waals surface area contributed by atoms with Gasteiger partial charge in [-0.25, -0.2) is 13.1 Å². The van der Waals surface area contributed by atoms with Crippen LogP contribution in [0.15, 0.2) is 6.20 Å². The molecule has 1 N–H and O–H groups in total. The maximum atomic E-state index is 12.1. The molecule has 1 amide bonds. The number of nitrogens with one attached hydrogen (secondary N) is 1. The molecule has 1 aromatic rings. The summed E-state index contributed by atoms with van der Waals surface area (Å²) in [6.07, 6.45) is 2.91. The number of amides is 1. The highest BCUT2D eigenvalue weighted by Gasteiger charge is 2.26. The minimum absolute atomic E-state index is 0.0796. The highest BCUT2D eigenvalue weighted by molar-refractivity contribution is 7.88. The molecule has 2 rings (SSSR count). The second-order valence-corrected chi connectivity index (χ2v) is 6.96. The quantitative estimate of drug-likeness (QED) is 0.681. The zero-order valence-electron chi connectivity index (χ0n) is 12.2. The molecule has 21 heavy (non-hydrogen) atoms. The van der Waals surface area contributed by atoms with Gasteiger partial charge in [-0.05, 0) is 7.05 Å². The maximum Gasteiger partial charge on any atom is 0.244 e. The average molecular weight is 316 g/mol. The molecule has 0 aliphatic carbocycles. The fraction of sp³-hybridized carbons (Fsp3) is 0.727. The zero-order chi connectivity index (χ0) is 15.5. The normalized spacial score (nSPS) is 17.1. The van der Waals surface area contributed by atoms with Gasteiger partial charge in [0.1, 0.15) is 6.54 Å². The minimum atomic E-state index is -3.18. The fourth-order valence-electron chi connectivity index (χ4n) is 2.19. The number of carbonyl (C=O) groups is 1. The monoisotopic (exact) mass is 316 g/mol. The Morgan fingerprint density at radius 1 is 1.33 bits per heavy atom. The lowest BCUT2D eigenvalue weighted by Gasteiger charge is -2.33. The Morgan fingerprint density at radius 3 is 2.57 bits per heavy atom. The number of aromatic nitrogens is 3. The van der Waals surface area contributed by atoms with Crippen molar-refractivity contribution in [2.75, 3.05) is 39.5 Å². The van der Waals surface area contributed by atoms with E-state index in [1.165, 1.54) is 15.2 Å². The van der Waals surface area contributed by atoms with Crippen LogP contribution in [-0.4, -0.2) is 78.0 Å². The van der Waals surface area contributed by atoms with Crippen LogP contribution in [0.25, 0.3) is 0 Å². The van der Waals surface area contributed by atoms with Crippen LogP contribution in [0.4, 0.5) is 0 Å². The van der Waals surface area contributed by atoms with E-state index in [2.05, 4.69) is 15.6 Å². The lowest BCUT2D eigenvalue weighted by molar-refractivity contribution is -0.133. The van der Waals surface area contributed by atoms with Crippen molar-refractivity contribution in [3.8, 4) is 0 Å². The summed E-state index contributed by atoms with van der Waals surface area (Å²) in [5.41, 5.74) is 0.771. The van der Waals surface area contributed by atoms with E-state index in [1.54, 1.807) is 11.1 Å². The van der Waals surface area contributed by atoms with Crippen LogP contribution in [0, 0.1) is 0 Å². The molecule has 10 heteroatoms. The van der Waals surface area contributed by atoms with E-state index in [9.17, 15) is 13.2 Å². The van der Waals surface area contributed by atoms with Crippen LogP contribution >= 0.6 is 0 Å². The minimum Gasteiger partial charge on any atom is -0.338 e. The van der Waals surface area contributed by atoms with Gasteiger partial charge in [0.25, 0.3) is 0 Å². The van der Waals surface area contributed by atoms with Crippen LogP contribution in [0.1, 0.15) is 5.69 Å². The van der Waals surface area contributed by atoms with Gasteiger partial charge in [-0.3, -0.25) is 4.79 Å². The molecular weight excluding hydrogens is 296 g/mol. The summed E-state index contributed by atoms with van der Waals surface area (Å²) in [6.45, 7) is 2.21. The first-order valence-electron chi connectivity index (χ1n) is 6.66.